The van der Waals surface area contributed by atoms with Gasteiger partial charge in [0.05, 0.1) is 24.6 Å². The summed E-state index contributed by atoms with van der Waals surface area (Å²) >= 11 is 0.995. The molecule has 1 aromatic heterocycles. The minimum atomic E-state index is -3.93. The molecule has 3 rings (SSSR count). The van der Waals surface area contributed by atoms with Crippen LogP contribution in [-0.2, 0) is 14.9 Å². The van der Waals surface area contributed by atoms with E-state index in [0.717, 1.165) is 15.6 Å². The third-order valence-electron chi connectivity index (χ3n) is 3.58. The smallest absolute Gasteiger partial charge is 0.348 e. The molecule has 1 N–H and O–H groups in total. The number of hydrogen-bond donors (Lipinski definition) is 1. The summed E-state index contributed by atoms with van der Waals surface area (Å²) in [6.45, 7) is 1.10. The summed E-state index contributed by atoms with van der Waals surface area (Å²) in [6.07, 6.45) is 0. The molecule has 2 aromatic rings. The average molecular weight is 368 g/mol. The summed E-state index contributed by atoms with van der Waals surface area (Å²) in [6, 6.07) is 9.99. The highest BCUT2D eigenvalue weighted by atomic mass is 32.2. The first-order valence-corrected chi connectivity index (χ1v) is 9.53. The summed E-state index contributed by atoms with van der Waals surface area (Å²) in [4.78, 5) is 11.5. The first-order valence-electron chi connectivity index (χ1n) is 7.26. The Morgan fingerprint density at radius 2 is 1.83 bits per heavy atom. The molecule has 0 unspecified atom stereocenters. The molecule has 2 heterocycles. The van der Waals surface area contributed by atoms with Gasteiger partial charge in [0.25, 0.3) is 0 Å². The van der Waals surface area contributed by atoms with Crippen molar-refractivity contribution in [3.63, 3.8) is 0 Å². The fraction of sp³-hybridized carbons (Fsp3) is 0.267. The number of rotatable bonds is 5. The zero-order chi connectivity index (χ0) is 17.2. The number of hydrogen-bond acceptors (Lipinski definition) is 5. The Balaban J connectivity index is 2.12. The molecule has 0 amide bonds. The Morgan fingerprint density at radius 3 is 2.46 bits per heavy atom. The number of carbonyl (C=O) groups is 1. The summed E-state index contributed by atoms with van der Waals surface area (Å²) in [7, 11) is -3.93. The van der Waals surface area contributed by atoms with Crippen LogP contribution in [0.15, 0.2) is 41.8 Å². The highest BCUT2D eigenvalue weighted by Crippen LogP contribution is 2.36. The van der Waals surface area contributed by atoms with E-state index in [1.807, 2.05) is 0 Å². The van der Waals surface area contributed by atoms with Crippen LogP contribution in [0.5, 0.6) is 0 Å². The van der Waals surface area contributed by atoms with Crippen LogP contribution in [0.2, 0.25) is 0 Å². The highest BCUT2D eigenvalue weighted by Gasteiger charge is 2.35. The first kappa shape index (κ1) is 16.9. The maximum atomic E-state index is 13.2. The Kier molecular flexibility index (Phi) is 4.86. The average Bonchev–Trinajstić information content (AvgIpc) is 3.06. The van der Waals surface area contributed by atoms with E-state index in [9.17, 15) is 18.3 Å². The van der Waals surface area contributed by atoms with Crippen molar-refractivity contribution in [3.05, 3.63) is 46.7 Å². The molecular formula is C15H16N2O5S2. The summed E-state index contributed by atoms with van der Waals surface area (Å²) in [5.41, 5.74) is 0.537. The van der Waals surface area contributed by atoms with Gasteiger partial charge in [-0.1, -0.05) is 18.2 Å². The molecule has 128 valence electrons. The lowest BCUT2D eigenvalue weighted by atomic mass is 10.3. The van der Waals surface area contributed by atoms with Crippen molar-refractivity contribution in [1.82, 2.24) is 4.31 Å². The van der Waals surface area contributed by atoms with Gasteiger partial charge in [-0.3, -0.25) is 0 Å². The van der Waals surface area contributed by atoms with Crippen LogP contribution in [0.4, 0.5) is 11.4 Å². The topological polar surface area (TPSA) is 87.2 Å². The molecule has 9 heteroatoms. The van der Waals surface area contributed by atoms with Gasteiger partial charge in [-0.15, -0.1) is 11.3 Å². The first-order chi connectivity index (χ1) is 11.5. The predicted octanol–water partition coefficient (Wildman–Crippen LogP) is 2.16. The van der Waals surface area contributed by atoms with Crippen LogP contribution in [0.1, 0.15) is 9.67 Å². The molecule has 24 heavy (non-hydrogen) atoms. The second-order valence-electron chi connectivity index (χ2n) is 5.06. The van der Waals surface area contributed by atoms with Crippen molar-refractivity contribution in [3.8, 4) is 0 Å². The molecule has 7 nitrogen and oxygen atoms in total. The predicted molar refractivity (Wildman–Crippen MR) is 91.2 cm³/mol. The van der Waals surface area contributed by atoms with Crippen LogP contribution in [-0.4, -0.2) is 50.1 Å². The van der Waals surface area contributed by atoms with Crippen LogP contribution in [0.25, 0.3) is 0 Å². The van der Waals surface area contributed by atoms with E-state index < -0.39 is 16.2 Å². The number of para-hydroxylation sites is 1. The van der Waals surface area contributed by atoms with Crippen molar-refractivity contribution in [2.45, 2.75) is 0 Å². The van der Waals surface area contributed by atoms with E-state index in [1.54, 1.807) is 35.7 Å². The van der Waals surface area contributed by atoms with E-state index >= 15 is 0 Å². The van der Waals surface area contributed by atoms with Gasteiger partial charge >= 0.3 is 16.2 Å². The number of aromatic carboxylic acids is 1. The lowest BCUT2D eigenvalue weighted by Crippen LogP contribution is -2.47. The Hall–Kier alpha value is -1.94. The summed E-state index contributed by atoms with van der Waals surface area (Å²) in [5, 5.41) is 11.0. The molecule has 0 saturated carbocycles. The van der Waals surface area contributed by atoms with Crippen molar-refractivity contribution in [2.24, 2.45) is 0 Å². The third-order valence-corrected chi connectivity index (χ3v) is 6.35. The van der Waals surface area contributed by atoms with Gasteiger partial charge in [-0.2, -0.15) is 12.7 Å². The van der Waals surface area contributed by atoms with Crippen molar-refractivity contribution in [1.29, 1.82) is 0 Å². The molecule has 0 aliphatic carbocycles. The molecule has 0 radical (unpaired) electrons. The van der Waals surface area contributed by atoms with Gasteiger partial charge in [0, 0.05) is 13.1 Å². The standard InChI is InChI=1S/C15H16N2O5S2/c18-15(19)14-13(6-11-23-14)17(12-4-2-1-3-5-12)24(20,21)16-7-9-22-10-8-16/h1-6,11H,7-10H2,(H,18,19). The zero-order valence-corrected chi connectivity index (χ0v) is 14.3. The Labute approximate surface area is 143 Å². The summed E-state index contributed by atoms with van der Waals surface area (Å²) < 4.78 is 34.0. The molecule has 1 saturated heterocycles. The number of nitrogens with zero attached hydrogens (tertiary/aromatic N) is 2. The minimum Gasteiger partial charge on any atom is -0.477 e. The highest BCUT2D eigenvalue weighted by molar-refractivity contribution is 7.90. The number of benzene rings is 1. The van der Waals surface area contributed by atoms with Gasteiger partial charge in [-0.25, -0.2) is 9.10 Å². The second-order valence-corrected chi connectivity index (χ2v) is 7.75. The Bertz CT molecular complexity index is 813. The Morgan fingerprint density at radius 1 is 1.17 bits per heavy atom. The lowest BCUT2D eigenvalue weighted by Gasteiger charge is -2.33. The maximum absolute atomic E-state index is 13.2. The number of thiophene rings is 1. The molecule has 1 aliphatic rings. The van der Waals surface area contributed by atoms with E-state index in [2.05, 4.69) is 0 Å². The second kappa shape index (κ2) is 6.89. The van der Waals surface area contributed by atoms with Crippen molar-refractivity contribution in [2.75, 3.05) is 30.6 Å². The number of anilines is 2. The lowest BCUT2D eigenvalue weighted by molar-refractivity contribution is 0.0702. The molecule has 1 aromatic carbocycles. The largest absolute Gasteiger partial charge is 0.477 e. The fourth-order valence-corrected chi connectivity index (χ4v) is 4.88. The van der Waals surface area contributed by atoms with Crippen molar-refractivity contribution < 1.29 is 23.1 Å². The van der Waals surface area contributed by atoms with Gasteiger partial charge < -0.3 is 9.84 Å². The van der Waals surface area contributed by atoms with Crippen LogP contribution in [0, 0.1) is 0 Å². The molecular weight excluding hydrogens is 352 g/mol. The molecule has 0 spiro atoms. The number of morpholine rings is 1. The maximum Gasteiger partial charge on any atom is 0.348 e. The monoisotopic (exact) mass is 368 g/mol. The zero-order valence-electron chi connectivity index (χ0n) is 12.7. The van der Waals surface area contributed by atoms with E-state index in [4.69, 9.17) is 4.74 Å². The van der Waals surface area contributed by atoms with Gasteiger partial charge in [0.1, 0.15) is 4.88 Å². The fourth-order valence-electron chi connectivity index (χ4n) is 2.48. The van der Waals surface area contributed by atoms with Gasteiger partial charge in [-0.05, 0) is 23.6 Å². The van der Waals surface area contributed by atoms with Gasteiger partial charge in [0.15, 0.2) is 0 Å². The number of carboxylic acid groups (broad SMARTS) is 1. The van der Waals surface area contributed by atoms with E-state index in [1.165, 1.54) is 10.4 Å². The molecule has 1 aliphatic heterocycles. The normalized spacial score (nSPS) is 16.0. The minimum absolute atomic E-state index is 0.0179. The molecule has 0 bridgehead atoms. The number of carboxylic acids is 1. The third kappa shape index (κ3) is 3.16. The van der Waals surface area contributed by atoms with Crippen molar-refractivity contribution >= 4 is 38.9 Å². The van der Waals surface area contributed by atoms with Gasteiger partial charge in [0.2, 0.25) is 0 Å². The van der Waals surface area contributed by atoms with E-state index in [0.29, 0.717) is 18.9 Å². The van der Waals surface area contributed by atoms with Crippen LogP contribution >= 0.6 is 11.3 Å². The van der Waals surface area contributed by atoms with Crippen LogP contribution in [0.3, 0.4) is 0 Å². The SMILES string of the molecule is O=C(O)c1sccc1N(c1ccccc1)S(=O)(=O)N1CCOCC1. The molecule has 0 atom stereocenters. The number of ether oxygens (including phenoxy) is 1. The molecule has 1 fully saturated rings. The van der Waals surface area contributed by atoms with E-state index in [-0.39, 0.29) is 23.7 Å². The summed E-state index contributed by atoms with van der Waals surface area (Å²) in [5.74, 6) is -1.15. The van der Waals surface area contributed by atoms with Crippen LogP contribution < -0.4 is 4.31 Å². The quantitative estimate of drug-likeness (QED) is 0.874.